The molecule has 0 aromatic rings. The molecule has 0 amide bonds. The van der Waals surface area contributed by atoms with E-state index in [9.17, 15) is 5.11 Å². The number of aliphatic hydroxyl groups excluding tert-OH is 1. The first-order valence-electron chi connectivity index (χ1n) is 6.26. The quantitative estimate of drug-likeness (QED) is 0.707. The molecule has 2 nitrogen and oxygen atoms in total. The fourth-order valence-electron chi connectivity index (χ4n) is 2.27. The van der Waals surface area contributed by atoms with Gasteiger partial charge in [-0.15, -0.1) is 0 Å². The van der Waals surface area contributed by atoms with E-state index in [0.717, 1.165) is 18.8 Å². The van der Waals surface area contributed by atoms with Crippen LogP contribution in [0.3, 0.4) is 0 Å². The molecule has 2 unspecified atom stereocenters. The Hall–Kier alpha value is 0.270. The Bertz CT molecular complexity index is 160. The molecule has 0 heterocycles. The predicted molar refractivity (Wildman–Crippen MR) is 68.2 cm³/mol. The highest BCUT2D eigenvalue weighted by atomic mass is 32.2. The van der Waals surface area contributed by atoms with Crippen molar-refractivity contribution < 1.29 is 5.11 Å². The topological polar surface area (TPSA) is 46.2 Å². The van der Waals surface area contributed by atoms with E-state index in [1.165, 1.54) is 31.4 Å². The first-order chi connectivity index (χ1) is 7.27. The van der Waals surface area contributed by atoms with Crippen LogP contribution in [0.2, 0.25) is 0 Å². The third-order valence-electron chi connectivity index (χ3n) is 3.30. The molecule has 3 N–H and O–H groups in total. The van der Waals surface area contributed by atoms with Crippen LogP contribution < -0.4 is 5.73 Å². The summed E-state index contributed by atoms with van der Waals surface area (Å²) in [7, 11) is 0. The van der Waals surface area contributed by atoms with E-state index in [0.29, 0.717) is 0 Å². The second-order valence-corrected chi connectivity index (χ2v) is 5.93. The van der Waals surface area contributed by atoms with Gasteiger partial charge in [-0.05, 0) is 30.9 Å². The molecule has 1 aliphatic carbocycles. The molecular weight excluding hydrogens is 206 g/mol. The van der Waals surface area contributed by atoms with Gasteiger partial charge >= 0.3 is 0 Å². The highest BCUT2D eigenvalue weighted by Gasteiger charge is 2.20. The Morgan fingerprint density at radius 1 is 1.40 bits per heavy atom. The molecule has 1 fully saturated rings. The van der Waals surface area contributed by atoms with Gasteiger partial charge in [0.25, 0.3) is 0 Å². The van der Waals surface area contributed by atoms with Crippen molar-refractivity contribution in [3.63, 3.8) is 0 Å². The number of rotatable bonds is 7. The van der Waals surface area contributed by atoms with Gasteiger partial charge < -0.3 is 10.8 Å². The Kier molecular flexibility index (Phi) is 6.69. The Balaban J connectivity index is 2.19. The van der Waals surface area contributed by atoms with Crippen LogP contribution in [0.4, 0.5) is 0 Å². The molecule has 1 saturated carbocycles. The van der Waals surface area contributed by atoms with Crippen molar-refractivity contribution in [3.05, 3.63) is 0 Å². The van der Waals surface area contributed by atoms with Gasteiger partial charge in [0.15, 0.2) is 0 Å². The van der Waals surface area contributed by atoms with Gasteiger partial charge in [0, 0.05) is 11.3 Å². The zero-order chi connectivity index (χ0) is 11.1. The molecule has 0 saturated heterocycles. The lowest BCUT2D eigenvalue weighted by Crippen LogP contribution is -2.35. The van der Waals surface area contributed by atoms with E-state index >= 15 is 0 Å². The van der Waals surface area contributed by atoms with Crippen LogP contribution in [0.1, 0.15) is 45.4 Å². The third kappa shape index (κ3) is 4.75. The van der Waals surface area contributed by atoms with E-state index in [-0.39, 0.29) is 17.9 Å². The Labute approximate surface area is 98.0 Å². The van der Waals surface area contributed by atoms with Gasteiger partial charge in [-0.2, -0.15) is 11.8 Å². The highest BCUT2D eigenvalue weighted by Crippen LogP contribution is 2.30. The molecule has 90 valence electrons. The number of thioether (sulfide) groups is 1. The molecule has 15 heavy (non-hydrogen) atoms. The third-order valence-corrected chi connectivity index (χ3v) is 4.89. The van der Waals surface area contributed by atoms with Gasteiger partial charge in [-0.3, -0.25) is 0 Å². The molecule has 0 spiro atoms. The van der Waals surface area contributed by atoms with E-state index in [1.54, 1.807) is 0 Å². The molecule has 0 aromatic heterocycles. The van der Waals surface area contributed by atoms with Crippen LogP contribution in [0.5, 0.6) is 0 Å². The predicted octanol–water partition coefficient (Wildman–Crippen LogP) is 2.40. The van der Waals surface area contributed by atoms with Gasteiger partial charge in [0.05, 0.1) is 6.61 Å². The maximum atomic E-state index is 9.30. The zero-order valence-corrected chi connectivity index (χ0v) is 10.6. The lowest BCUT2D eigenvalue weighted by molar-refractivity contribution is 0.279. The number of hydrogen-bond donors (Lipinski definition) is 2. The Morgan fingerprint density at radius 3 is 2.60 bits per heavy atom. The van der Waals surface area contributed by atoms with Gasteiger partial charge in [-0.25, -0.2) is 0 Å². The standard InChI is InChI=1S/C12H25NOS/c1-2-5-11(13)12(8-14)15-9-10-6-3-4-7-10/h10-12,14H,2-9,13H2,1H3. The summed E-state index contributed by atoms with van der Waals surface area (Å²) in [6, 6.07) is 0.173. The number of nitrogens with two attached hydrogens (primary N) is 1. The van der Waals surface area contributed by atoms with Crippen LogP contribution in [0, 0.1) is 5.92 Å². The van der Waals surface area contributed by atoms with Crippen LogP contribution in [0.15, 0.2) is 0 Å². The maximum Gasteiger partial charge on any atom is 0.0565 e. The lowest BCUT2D eigenvalue weighted by Gasteiger charge is -2.22. The minimum Gasteiger partial charge on any atom is -0.395 e. The summed E-state index contributed by atoms with van der Waals surface area (Å²) in [5.74, 6) is 2.08. The summed E-state index contributed by atoms with van der Waals surface area (Å²) in [6.07, 6.45) is 7.71. The van der Waals surface area contributed by atoms with Gasteiger partial charge in [0.1, 0.15) is 0 Å². The summed E-state index contributed by atoms with van der Waals surface area (Å²) < 4.78 is 0. The van der Waals surface area contributed by atoms with Crippen LogP contribution in [-0.2, 0) is 0 Å². The lowest BCUT2D eigenvalue weighted by atomic mass is 10.1. The molecule has 0 radical (unpaired) electrons. The number of hydrogen-bond acceptors (Lipinski definition) is 3. The van der Waals surface area contributed by atoms with E-state index < -0.39 is 0 Å². The van der Waals surface area contributed by atoms with Crippen molar-refractivity contribution in [2.75, 3.05) is 12.4 Å². The van der Waals surface area contributed by atoms with Crippen LogP contribution in [0.25, 0.3) is 0 Å². The second-order valence-electron chi connectivity index (χ2n) is 4.66. The normalized spacial score (nSPS) is 21.8. The molecule has 0 bridgehead atoms. The van der Waals surface area contributed by atoms with Gasteiger partial charge in [0.2, 0.25) is 0 Å². The largest absolute Gasteiger partial charge is 0.395 e. The summed E-state index contributed by atoms with van der Waals surface area (Å²) >= 11 is 1.89. The molecule has 1 aliphatic rings. The second kappa shape index (κ2) is 7.53. The van der Waals surface area contributed by atoms with Gasteiger partial charge in [-0.1, -0.05) is 26.2 Å². The van der Waals surface area contributed by atoms with Crippen molar-refractivity contribution >= 4 is 11.8 Å². The van der Waals surface area contributed by atoms with E-state index in [2.05, 4.69) is 6.92 Å². The fourth-order valence-corrected chi connectivity index (χ4v) is 3.61. The van der Waals surface area contributed by atoms with E-state index in [4.69, 9.17) is 5.73 Å². The Morgan fingerprint density at radius 2 is 2.07 bits per heavy atom. The SMILES string of the molecule is CCCC(N)C(CO)SCC1CCCC1. The zero-order valence-electron chi connectivity index (χ0n) is 9.82. The minimum absolute atomic E-state index is 0.173. The minimum atomic E-state index is 0.173. The van der Waals surface area contributed by atoms with Crippen LogP contribution >= 0.6 is 11.8 Å². The van der Waals surface area contributed by atoms with Crippen molar-refractivity contribution in [1.29, 1.82) is 0 Å². The van der Waals surface area contributed by atoms with Crippen LogP contribution in [-0.4, -0.2) is 28.8 Å². The van der Waals surface area contributed by atoms with Crippen molar-refractivity contribution in [3.8, 4) is 0 Å². The molecule has 1 rings (SSSR count). The summed E-state index contributed by atoms with van der Waals surface area (Å²) in [4.78, 5) is 0. The van der Waals surface area contributed by atoms with E-state index in [1.807, 2.05) is 11.8 Å². The molecule has 3 heteroatoms. The smallest absolute Gasteiger partial charge is 0.0565 e. The summed E-state index contributed by atoms with van der Waals surface area (Å²) in [6.45, 7) is 2.38. The monoisotopic (exact) mass is 231 g/mol. The van der Waals surface area contributed by atoms with Crippen molar-refractivity contribution in [1.82, 2.24) is 0 Å². The molecule has 0 aliphatic heterocycles. The molecule has 0 aromatic carbocycles. The average Bonchev–Trinajstić information content (AvgIpc) is 2.72. The maximum absolute atomic E-state index is 9.30. The van der Waals surface area contributed by atoms with Crippen molar-refractivity contribution in [2.45, 2.75) is 56.7 Å². The summed E-state index contributed by atoms with van der Waals surface area (Å²) in [5, 5.41) is 9.55. The van der Waals surface area contributed by atoms with Crippen molar-refractivity contribution in [2.24, 2.45) is 11.7 Å². The molecular formula is C12H25NOS. The average molecular weight is 231 g/mol. The molecule has 2 atom stereocenters. The fraction of sp³-hybridized carbons (Fsp3) is 1.00. The first-order valence-corrected chi connectivity index (χ1v) is 7.30. The highest BCUT2D eigenvalue weighted by molar-refractivity contribution is 8.00. The number of aliphatic hydroxyl groups is 1. The summed E-state index contributed by atoms with van der Waals surface area (Å²) in [5.41, 5.74) is 6.04. The first kappa shape index (κ1) is 13.3.